The normalized spacial score (nSPS) is 11.4. The summed E-state index contributed by atoms with van der Waals surface area (Å²) in [7, 11) is 0.0379. The van der Waals surface area contributed by atoms with Crippen molar-refractivity contribution in [3.63, 3.8) is 0 Å². The van der Waals surface area contributed by atoms with Crippen molar-refractivity contribution < 1.29 is 27.0 Å². The van der Waals surface area contributed by atoms with Gasteiger partial charge < -0.3 is 14.2 Å². The molecule has 0 aliphatic rings. The molecule has 4 rings (SSSR count). The van der Waals surface area contributed by atoms with E-state index in [1.54, 1.807) is 24.3 Å². The van der Waals surface area contributed by atoms with Gasteiger partial charge in [0.05, 0.1) is 42.8 Å². The highest BCUT2D eigenvalue weighted by Crippen LogP contribution is 2.34. The molecule has 1 heterocycles. The first-order chi connectivity index (χ1) is 15.8. The number of nitrogens with zero attached hydrogens (tertiary/aromatic N) is 1. The van der Waals surface area contributed by atoms with Crippen molar-refractivity contribution in [3.8, 4) is 28.5 Å². The fourth-order valence-corrected chi connectivity index (χ4v) is 5.09. The lowest BCUT2D eigenvalue weighted by Crippen LogP contribution is -2.20. The number of methoxy groups -OCH3 is 3. The molecule has 3 aromatic carbocycles. The third kappa shape index (κ3) is 3.91. The molecular formula is C24H20FNO6S. The number of aromatic nitrogens is 1. The van der Waals surface area contributed by atoms with E-state index in [-0.39, 0.29) is 27.2 Å². The van der Waals surface area contributed by atoms with Gasteiger partial charge in [0.2, 0.25) is 0 Å². The highest BCUT2D eigenvalue weighted by molar-refractivity contribution is 7.90. The van der Waals surface area contributed by atoms with Crippen LogP contribution in [0.25, 0.3) is 22.2 Å². The Morgan fingerprint density at radius 3 is 2.00 bits per heavy atom. The smallest absolute Gasteiger partial charge is 0.268 e. The first-order valence-electron chi connectivity index (χ1n) is 9.77. The van der Waals surface area contributed by atoms with Crippen molar-refractivity contribution in [2.45, 2.75) is 4.90 Å². The average molecular weight is 469 g/mol. The van der Waals surface area contributed by atoms with E-state index in [1.807, 2.05) is 0 Å². The standard InChI is InChI=1S/C24H20FNO6S/c1-30-17-8-4-15(5-9-17)20-14-22(27)24-21(12-18(31-2)13-23(24)32-3)26(20)33(28,29)19-10-6-16(25)7-11-19/h4-14H,1-3H3. The molecule has 7 nitrogen and oxygen atoms in total. The Bertz CT molecular complexity index is 1490. The molecule has 0 saturated heterocycles. The Morgan fingerprint density at radius 1 is 0.788 bits per heavy atom. The maximum Gasteiger partial charge on any atom is 0.268 e. The molecule has 0 amide bonds. The van der Waals surface area contributed by atoms with Crippen LogP contribution in [0.1, 0.15) is 0 Å². The Kier molecular flexibility index (Phi) is 5.82. The van der Waals surface area contributed by atoms with Gasteiger partial charge in [0.15, 0.2) is 5.43 Å². The summed E-state index contributed by atoms with van der Waals surface area (Å²) in [6, 6.07) is 15.3. The monoisotopic (exact) mass is 469 g/mol. The number of pyridine rings is 1. The summed E-state index contributed by atoms with van der Waals surface area (Å²) >= 11 is 0. The molecule has 0 spiro atoms. The van der Waals surface area contributed by atoms with Gasteiger partial charge in [-0.3, -0.25) is 4.79 Å². The zero-order valence-corrected chi connectivity index (χ0v) is 18.9. The fourth-order valence-electron chi connectivity index (χ4n) is 3.58. The van der Waals surface area contributed by atoms with Crippen molar-refractivity contribution in [1.29, 1.82) is 0 Å². The van der Waals surface area contributed by atoms with E-state index in [2.05, 4.69) is 0 Å². The van der Waals surface area contributed by atoms with Crippen LogP contribution < -0.4 is 19.6 Å². The lowest BCUT2D eigenvalue weighted by atomic mass is 10.1. The molecule has 0 radical (unpaired) electrons. The van der Waals surface area contributed by atoms with Gasteiger partial charge in [0.1, 0.15) is 23.1 Å². The molecule has 0 unspecified atom stereocenters. The summed E-state index contributed by atoms with van der Waals surface area (Å²) in [5.41, 5.74) is 0.215. The van der Waals surface area contributed by atoms with Crippen LogP contribution in [-0.2, 0) is 10.0 Å². The third-order valence-electron chi connectivity index (χ3n) is 5.20. The van der Waals surface area contributed by atoms with Gasteiger partial charge in [-0.05, 0) is 54.1 Å². The second kappa shape index (κ2) is 8.59. The third-order valence-corrected chi connectivity index (χ3v) is 6.94. The molecule has 0 atom stereocenters. The number of rotatable bonds is 6. The molecule has 1 aromatic heterocycles. The fraction of sp³-hybridized carbons (Fsp3) is 0.125. The lowest BCUT2D eigenvalue weighted by molar-refractivity contribution is 0.397. The number of benzene rings is 3. The quantitative estimate of drug-likeness (QED) is 0.423. The van der Waals surface area contributed by atoms with Crippen LogP contribution in [-0.4, -0.2) is 33.7 Å². The molecule has 33 heavy (non-hydrogen) atoms. The summed E-state index contributed by atoms with van der Waals surface area (Å²) in [6.07, 6.45) is 0. The van der Waals surface area contributed by atoms with Gasteiger partial charge >= 0.3 is 0 Å². The summed E-state index contributed by atoms with van der Waals surface area (Å²) in [5.74, 6) is 0.461. The van der Waals surface area contributed by atoms with Crippen molar-refractivity contribution in [3.05, 3.63) is 82.8 Å². The van der Waals surface area contributed by atoms with E-state index in [4.69, 9.17) is 14.2 Å². The molecule has 0 N–H and O–H groups in total. The maximum atomic E-state index is 13.8. The molecule has 0 saturated carbocycles. The minimum absolute atomic E-state index is 0.0637. The largest absolute Gasteiger partial charge is 0.497 e. The zero-order valence-electron chi connectivity index (χ0n) is 18.0. The topological polar surface area (TPSA) is 83.8 Å². The van der Waals surface area contributed by atoms with Crippen LogP contribution in [0.4, 0.5) is 4.39 Å². The SMILES string of the molecule is COc1ccc(-c2cc(=O)c3c(OC)cc(OC)cc3n2S(=O)(=O)c2ccc(F)cc2)cc1. The van der Waals surface area contributed by atoms with Gasteiger partial charge in [-0.1, -0.05) is 0 Å². The van der Waals surface area contributed by atoms with E-state index < -0.39 is 21.3 Å². The van der Waals surface area contributed by atoms with E-state index in [1.165, 1.54) is 51.7 Å². The van der Waals surface area contributed by atoms with Gasteiger partial charge in [0.25, 0.3) is 10.0 Å². The van der Waals surface area contributed by atoms with Crippen molar-refractivity contribution in [1.82, 2.24) is 3.97 Å². The zero-order chi connectivity index (χ0) is 23.8. The summed E-state index contributed by atoms with van der Waals surface area (Å²) in [5, 5.41) is 0.0706. The second-order valence-corrected chi connectivity index (χ2v) is 8.86. The van der Waals surface area contributed by atoms with Crippen molar-refractivity contribution in [2.75, 3.05) is 21.3 Å². The lowest BCUT2D eigenvalue weighted by Gasteiger charge is -2.19. The summed E-state index contributed by atoms with van der Waals surface area (Å²) in [6.45, 7) is 0. The number of halogens is 1. The number of ether oxygens (including phenoxy) is 3. The molecule has 170 valence electrons. The number of hydrogen-bond donors (Lipinski definition) is 0. The van der Waals surface area contributed by atoms with Crippen LogP contribution in [0.2, 0.25) is 0 Å². The predicted molar refractivity (Wildman–Crippen MR) is 122 cm³/mol. The van der Waals surface area contributed by atoms with Crippen molar-refractivity contribution >= 4 is 20.9 Å². The molecular weight excluding hydrogens is 449 g/mol. The first kappa shape index (κ1) is 22.3. The van der Waals surface area contributed by atoms with Crippen molar-refractivity contribution in [2.24, 2.45) is 0 Å². The first-order valence-corrected chi connectivity index (χ1v) is 11.2. The molecule has 0 aliphatic heterocycles. The number of hydrogen-bond acceptors (Lipinski definition) is 6. The van der Waals surface area contributed by atoms with E-state index >= 15 is 0 Å². The van der Waals surface area contributed by atoms with E-state index in [0.717, 1.165) is 16.1 Å². The molecule has 0 bridgehead atoms. The van der Waals surface area contributed by atoms with Gasteiger partial charge in [-0.15, -0.1) is 0 Å². The Balaban J connectivity index is 2.17. The Hall–Kier alpha value is -3.85. The van der Waals surface area contributed by atoms with Crippen LogP contribution in [0.5, 0.6) is 17.2 Å². The molecule has 4 aromatic rings. The predicted octanol–water partition coefficient (Wildman–Crippen LogP) is 4.07. The minimum atomic E-state index is -4.27. The molecule has 0 fully saturated rings. The summed E-state index contributed by atoms with van der Waals surface area (Å²) < 4.78 is 58.0. The van der Waals surface area contributed by atoms with Crippen LogP contribution in [0, 0.1) is 5.82 Å². The molecule has 9 heteroatoms. The van der Waals surface area contributed by atoms with Crippen LogP contribution in [0.3, 0.4) is 0 Å². The van der Waals surface area contributed by atoms with E-state index in [0.29, 0.717) is 17.1 Å². The number of fused-ring (bicyclic) bond motifs is 1. The second-order valence-electron chi connectivity index (χ2n) is 7.07. The Labute approximate surface area is 189 Å². The highest BCUT2D eigenvalue weighted by Gasteiger charge is 2.26. The summed E-state index contributed by atoms with van der Waals surface area (Å²) in [4.78, 5) is 13.0. The molecule has 0 aliphatic carbocycles. The Morgan fingerprint density at radius 2 is 1.42 bits per heavy atom. The minimum Gasteiger partial charge on any atom is -0.497 e. The average Bonchev–Trinajstić information content (AvgIpc) is 2.83. The van der Waals surface area contributed by atoms with Gasteiger partial charge in [-0.25, -0.2) is 16.8 Å². The van der Waals surface area contributed by atoms with Crippen LogP contribution in [0.15, 0.2) is 76.4 Å². The van der Waals surface area contributed by atoms with Crippen LogP contribution >= 0.6 is 0 Å². The highest BCUT2D eigenvalue weighted by atomic mass is 32.2. The maximum absolute atomic E-state index is 13.8. The van der Waals surface area contributed by atoms with E-state index in [9.17, 15) is 17.6 Å². The van der Waals surface area contributed by atoms with Gasteiger partial charge in [0, 0.05) is 18.2 Å². The van der Waals surface area contributed by atoms with Gasteiger partial charge in [-0.2, -0.15) is 0 Å².